The monoisotopic (exact) mass is 243 g/mol. The number of benzene rings is 1. The zero-order valence-corrected chi connectivity index (χ0v) is 10.3. The van der Waals surface area contributed by atoms with Crippen LogP contribution in [0.1, 0.15) is 5.56 Å². The number of carbonyl (C=O) groups excluding carboxylic acids is 1. The lowest BCUT2D eigenvalue weighted by molar-refractivity contribution is -0.103. The van der Waals surface area contributed by atoms with Gasteiger partial charge in [0.2, 0.25) is 0 Å². The average Bonchev–Trinajstić information content (AvgIpc) is 2.46. The van der Waals surface area contributed by atoms with Gasteiger partial charge in [-0.3, -0.25) is 4.79 Å². The number of nitrogens with zero attached hydrogens (tertiary/aromatic N) is 1. The Morgan fingerprint density at radius 1 is 1.28 bits per heavy atom. The standard InChI is InChI=1S/C15H17NO2/c1-2-5-13(12-17)14-6-3-4-7-15(14)16-8-10-18-11-9-16/h2-7,12H,1,8-11H2/b13-5-. The molecule has 1 aliphatic rings. The zero-order valence-electron chi connectivity index (χ0n) is 10.3. The Morgan fingerprint density at radius 3 is 2.67 bits per heavy atom. The Hall–Kier alpha value is -1.87. The van der Waals surface area contributed by atoms with Gasteiger partial charge in [-0.05, 0) is 6.07 Å². The molecule has 0 saturated carbocycles. The largest absolute Gasteiger partial charge is 0.378 e. The van der Waals surface area contributed by atoms with Crippen LogP contribution in [0.2, 0.25) is 0 Å². The van der Waals surface area contributed by atoms with Crippen LogP contribution in [-0.2, 0) is 9.53 Å². The molecule has 0 radical (unpaired) electrons. The van der Waals surface area contributed by atoms with Gasteiger partial charge in [0, 0.05) is 29.9 Å². The molecule has 0 amide bonds. The van der Waals surface area contributed by atoms with Crippen molar-refractivity contribution in [1.29, 1.82) is 0 Å². The third-order valence-electron chi connectivity index (χ3n) is 2.99. The predicted molar refractivity (Wildman–Crippen MR) is 73.7 cm³/mol. The molecule has 94 valence electrons. The van der Waals surface area contributed by atoms with Gasteiger partial charge in [-0.1, -0.05) is 36.9 Å². The van der Waals surface area contributed by atoms with Crippen molar-refractivity contribution >= 4 is 17.5 Å². The minimum absolute atomic E-state index is 0.659. The van der Waals surface area contributed by atoms with Crippen LogP contribution < -0.4 is 4.90 Å². The first-order chi connectivity index (χ1) is 8.86. The molecule has 1 saturated heterocycles. The summed E-state index contributed by atoms with van der Waals surface area (Å²) >= 11 is 0. The number of hydrogen-bond acceptors (Lipinski definition) is 3. The van der Waals surface area contributed by atoms with Crippen molar-refractivity contribution in [2.75, 3.05) is 31.2 Å². The maximum Gasteiger partial charge on any atom is 0.150 e. The lowest BCUT2D eigenvalue weighted by Gasteiger charge is -2.30. The van der Waals surface area contributed by atoms with E-state index in [1.165, 1.54) is 0 Å². The molecule has 18 heavy (non-hydrogen) atoms. The summed E-state index contributed by atoms with van der Waals surface area (Å²) in [5, 5.41) is 0. The molecule has 0 bridgehead atoms. The molecule has 1 aromatic carbocycles. The molecule has 0 spiro atoms. The van der Waals surface area contributed by atoms with Gasteiger partial charge < -0.3 is 9.64 Å². The van der Waals surface area contributed by atoms with E-state index >= 15 is 0 Å². The lowest BCUT2D eigenvalue weighted by Crippen LogP contribution is -2.36. The molecule has 1 fully saturated rings. The van der Waals surface area contributed by atoms with E-state index in [0.29, 0.717) is 5.57 Å². The van der Waals surface area contributed by atoms with Crippen molar-refractivity contribution in [3.63, 3.8) is 0 Å². The quantitative estimate of drug-likeness (QED) is 0.461. The van der Waals surface area contributed by atoms with Gasteiger partial charge in [-0.15, -0.1) is 0 Å². The minimum atomic E-state index is 0.659. The molecule has 3 heteroatoms. The average molecular weight is 243 g/mol. The highest BCUT2D eigenvalue weighted by molar-refractivity contribution is 6.09. The van der Waals surface area contributed by atoms with Gasteiger partial charge in [0.05, 0.1) is 13.2 Å². The molecule has 1 aliphatic heterocycles. The summed E-state index contributed by atoms with van der Waals surface area (Å²) in [4.78, 5) is 13.4. The van der Waals surface area contributed by atoms with Crippen LogP contribution in [-0.4, -0.2) is 32.6 Å². The molecular weight excluding hydrogens is 226 g/mol. The Labute approximate surface area is 107 Å². The first kappa shape index (κ1) is 12.6. The van der Waals surface area contributed by atoms with Crippen LogP contribution in [0.15, 0.2) is 43.0 Å². The Balaban J connectivity index is 2.38. The topological polar surface area (TPSA) is 29.5 Å². The minimum Gasteiger partial charge on any atom is -0.378 e. The predicted octanol–water partition coefficient (Wildman–Crippen LogP) is 2.29. The van der Waals surface area contributed by atoms with E-state index < -0.39 is 0 Å². The molecule has 0 aromatic heterocycles. The fraction of sp³-hybridized carbons (Fsp3) is 0.267. The molecule has 0 atom stereocenters. The van der Waals surface area contributed by atoms with Crippen LogP contribution in [0, 0.1) is 0 Å². The molecule has 2 rings (SSSR count). The summed E-state index contributed by atoms with van der Waals surface area (Å²) in [7, 11) is 0. The number of ether oxygens (including phenoxy) is 1. The number of carbonyl (C=O) groups is 1. The Morgan fingerprint density at radius 2 is 2.00 bits per heavy atom. The molecule has 1 heterocycles. The van der Waals surface area contributed by atoms with Gasteiger partial charge in [0.25, 0.3) is 0 Å². The maximum absolute atomic E-state index is 11.2. The second kappa shape index (κ2) is 6.17. The van der Waals surface area contributed by atoms with E-state index in [2.05, 4.69) is 11.5 Å². The molecule has 0 N–H and O–H groups in total. The summed E-state index contributed by atoms with van der Waals surface area (Å²) in [5.41, 5.74) is 2.70. The highest BCUT2D eigenvalue weighted by Crippen LogP contribution is 2.26. The van der Waals surface area contributed by atoms with E-state index in [1.807, 2.05) is 24.3 Å². The van der Waals surface area contributed by atoms with Crippen LogP contribution in [0.25, 0.3) is 5.57 Å². The number of rotatable bonds is 4. The summed E-state index contributed by atoms with van der Waals surface area (Å²) in [6.07, 6.45) is 4.26. The number of anilines is 1. The molecular formula is C15H17NO2. The first-order valence-electron chi connectivity index (χ1n) is 6.07. The van der Waals surface area contributed by atoms with Crippen LogP contribution >= 0.6 is 0 Å². The number of para-hydroxylation sites is 1. The number of allylic oxidation sites excluding steroid dienone is 3. The van der Waals surface area contributed by atoms with Crippen LogP contribution in [0.3, 0.4) is 0 Å². The summed E-state index contributed by atoms with van der Waals surface area (Å²) < 4.78 is 5.35. The third kappa shape index (κ3) is 2.68. The van der Waals surface area contributed by atoms with E-state index in [9.17, 15) is 4.79 Å². The highest BCUT2D eigenvalue weighted by Gasteiger charge is 2.15. The van der Waals surface area contributed by atoms with Crippen molar-refractivity contribution in [2.24, 2.45) is 0 Å². The van der Waals surface area contributed by atoms with Crippen LogP contribution in [0.4, 0.5) is 5.69 Å². The summed E-state index contributed by atoms with van der Waals surface area (Å²) in [6, 6.07) is 7.94. The van der Waals surface area contributed by atoms with Crippen molar-refractivity contribution in [2.45, 2.75) is 0 Å². The molecule has 1 aromatic rings. The lowest BCUT2D eigenvalue weighted by atomic mass is 10.0. The third-order valence-corrected chi connectivity index (χ3v) is 2.99. The van der Waals surface area contributed by atoms with Gasteiger partial charge in [-0.2, -0.15) is 0 Å². The maximum atomic E-state index is 11.2. The van der Waals surface area contributed by atoms with Crippen molar-refractivity contribution < 1.29 is 9.53 Å². The summed E-state index contributed by atoms with van der Waals surface area (Å²) in [6.45, 7) is 6.83. The van der Waals surface area contributed by atoms with Crippen molar-refractivity contribution in [3.05, 3.63) is 48.6 Å². The van der Waals surface area contributed by atoms with Gasteiger partial charge in [0.1, 0.15) is 0 Å². The smallest absolute Gasteiger partial charge is 0.150 e. The Kier molecular flexibility index (Phi) is 4.31. The van der Waals surface area contributed by atoms with Gasteiger partial charge in [-0.25, -0.2) is 0 Å². The zero-order chi connectivity index (χ0) is 12.8. The van der Waals surface area contributed by atoms with Crippen LogP contribution in [0.5, 0.6) is 0 Å². The normalized spacial score (nSPS) is 16.4. The van der Waals surface area contributed by atoms with E-state index in [0.717, 1.165) is 43.8 Å². The fourth-order valence-corrected chi connectivity index (χ4v) is 2.12. The SMILES string of the molecule is C=C/C=C(/C=O)c1ccccc1N1CCOCC1. The van der Waals surface area contributed by atoms with E-state index in [1.54, 1.807) is 12.2 Å². The summed E-state index contributed by atoms with van der Waals surface area (Å²) in [5.74, 6) is 0. The number of morpholine rings is 1. The van der Waals surface area contributed by atoms with Crippen molar-refractivity contribution in [1.82, 2.24) is 0 Å². The number of hydrogen-bond donors (Lipinski definition) is 0. The van der Waals surface area contributed by atoms with Gasteiger partial charge in [0.15, 0.2) is 6.29 Å². The van der Waals surface area contributed by atoms with Crippen molar-refractivity contribution in [3.8, 4) is 0 Å². The number of aldehydes is 1. The second-order valence-electron chi connectivity index (χ2n) is 4.09. The van der Waals surface area contributed by atoms with E-state index in [4.69, 9.17) is 4.74 Å². The fourth-order valence-electron chi connectivity index (χ4n) is 2.12. The Bertz CT molecular complexity index is 459. The van der Waals surface area contributed by atoms with E-state index in [-0.39, 0.29) is 0 Å². The molecule has 0 aliphatic carbocycles. The molecule has 0 unspecified atom stereocenters. The first-order valence-corrected chi connectivity index (χ1v) is 6.07. The second-order valence-corrected chi connectivity index (χ2v) is 4.09. The van der Waals surface area contributed by atoms with Gasteiger partial charge >= 0.3 is 0 Å². The molecule has 3 nitrogen and oxygen atoms in total. The highest BCUT2D eigenvalue weighted by atomic mass is 16.5.